The summed E-state index contributed by atoms with van der Waals surface area (Å²) >= 11 is 1.87. The van der Waals surface area contributed by atoms with Crippen molar-refractivity contribution in [2.75, 3.05) is 52.7 Å². The monoisotopic (exact) mass is 614 g/mol. The van der Waals surface area contributed by atoms with Crippen LogP contribution in [0.2, 0.25) is 0 Å². The van der Waals surface area contributed by atoms with Crippen LogP contribution in [-0.2, 0) is 19.1 Å². The highest BCUT2D eigenvalue weighted by molar-refractivity contribution is 8.01. The van der Waals surface area contributed by atoms with Crippen LogP contribution in [0.3, 0.4) is 0 Å². The summed E-state index contributed by atoms with van der Waals surface area (Å²) in [6.07, 6.45) is 9.90. The Hall–Kier alpha value is -1.52. The fourth-order valence-corrected chi connectivity index (χ4v) is 11.1. The number of likely N-dealkylation sites (tertiary alicyclic amines) is 1. The maximum absolute atomic E-state index is 14.8. The summed E-state index contributed by atoms with van der Waals surface area (Å²) < 4.78 is 12.3. The Balaban J connectivity index is 1.25. The highest BCUT2D eigenvalue weighted by atomic mass is 32.2. The Morgan fingerprint density at radius 1 is 1.14 bits per heavy atom. The standard InChI is InChI=1S/C32H50N6O4S/c1-4-26(39)38-17-16-37(18-22(38)12-14-33)30-25-11-13-32(29(41-3)24-10-6-5-8-21(24)20-43-32)28(40)27(25)34-31(35-30)42-19-23-9-7-15-36(23)2/h4,21-25,27,29-31,34-35H,1,5-13,15-20H2,2-3H3/t21?,22?,23?,24?,25?,27?,29?,30?,31?,32-/m1/s1. The summed E-state index contributed by atoms with van der Waals surface area (Å²) in [6, 6.07) is 2.09. The van der Waals surface area contributed by atoms with E-state index in [2.05, 4.69) is 40.1 Å². The number of ketones is 1. The van der Waals surface area contributed by atoms with Gasteiger partial charge in [-0.05, 0) is 75.8 Å². The van der Waals surface area contributed by atoms with Gasteiger partial charge in [0.05, 0.1) is 43.5 Å². The summed E-state index contributed by atoms with van der Waals surface area (Å²) in [5.41, 5.74) is 0. The Morgan fingerprint density at radius 2 is 1.98 bits per heavy atom. The number of rotatable bonds is 7. The number of nitrogens with one attached hydrogen (secondary N) is 2. The van der Waals surface area contributed by atoms with Gasteiger partial charge >= 0.3 is 0 Å². The first kappa shape index (κ1) is 31.5. The van der Waals surface area contributed by atoms with E-state index in [4.69, 9.17) is 9.47 Å². The molecule has 1 amide bonds. The topological polar surface area (TPSA) is 110 Å². The maximum atomic E-state index is 14.8. The quantitative estimate of drug-likeness (QED) is 0.414. The summed E-state index contributed by atoms with van der Waals surface area (Å²) in [7, 11) is 3.96. The average molecular weight is 615 g/mol. The number of nitriles is 1. The molecule has 2 saturated carbocycles. The molecule has 43 heavy (non-hydrogen) atoms. The lowest BCUT2D eigenvalue weighted by molar-refractivity contribution is -0.151. The van der Waals surface area contributed by atoms with Gasteiger partial charge in [0.1, 0.15) is 4.75 Å². The van der Waals surface area contributed by atoms with E-state index in [9.17, 15) is 14.9 Å². The van der Waals surface area contributed by atoms with E-state index in [1.807, 2.05) is 18.9 Å². The molecule has 10 nitrogen and oxygen atoms in total. The highest BCUT2D eigenvalue weighted by Crippen LogP contribution is 2.54. The molecule has 4 heterocycles. The van der Waals surface area contributed by atoms with E-state index < -0.39 is 11.1 Å². The Morgan fingerprint density at radius 3 is 2.72 bits per heavy atom. The SMILES string of the molecule is C=CC(=O)N1CCN(C2NC(OCC3CCCN3C)NC3C(=O)[C@@]4(CCC32)SCC2CCCCC2C4OC)CC1CC#N. The van der Waals surface area contributed by atoms with Crippen molar-refractivity contribution < 1.29 is 19.1 Å². The van der Waals surface area contributed by atoms with Gasteiger partial charge in [0.2, 0.25) is 5.91 Å². The average Bonchev–Trinajstić information content (AvgIpc) is 3.45. The molecule has 0 aromatic carbocycles. The number of piperazine rings is 1. The third kappa shape index (κ3) is 5.94. The van der Waals surface area contributed by atoms with Crippen LogP contribution in [-0.4, -0.2) is 121 Å². The van der Waals surface area contributed by atoms with Crippen LogP contribution in [0.25, 0.3) is 0 Å². The molecule has 2 aliphatic carbocycles. The maximum Gasteiger partial charge on any atom is 0.246 e. The second kappa shape index (κ2) is 13.5. The normalized spacial score (nSPS) is 42.3. The molecule has 0 aromatic rings. The van der Waals surface area contributed by atoms with E-state index in [1.165, 1.54) is 31.8 Å². The zero-order valence-corrected chi connectivity index (χ0v) is 26.7. The molecular formula is C32H50N6O4S. The van der Waals surface area contributed by atoms with Crippen molar-refractivity contribution in [3.63, 3.8) is 0 Å². The molecule has 0 radical (unpaired) electrons. The van der Waals surface area contributed by atoms with Gasteiger partial charge in [-0.1, -0.05) is 19.4 Å². The molecule has 4 aliphatic heterocycles. The second-order valence-corrected chi connectivity index (χ2v) is 15.0. The predicted octanol–water partition coefficient (Wildman–Crippen LogP) is 2.17. The Kier molecular flexibility index (Phi) is 9.84. The molecule has 11 heteroatoms. The Labute approximate surface area is 261 Å². The first-order chi connectivity index (χ1) is 20.9. The van der Waals surface area contributed by atoms with Crippen molar-refractivity contribution in [1.29, 1.82) is 5.26 Å². The molecule has 4 saturated heterocycles. The van der Waals surface area contributed by atoms with Gasteiger partial charge in [-0.25, -0.2) is 0 Å². The number of likely N-dealkylation sites (N-methyl/N-ethyl adjacent to an activating group) is 1. The van der Waals surface area contributed by atoms with Gasteiger partial charge in [0, 0.05) is 38.7 Å². The minimum absolute atomic E-state index is 0.0544. The first-order valence-corrected chi connectivity index (χ1v) is 17.5. The summed E-state index contributed by atoms with van der Waals surface area (Å²) in [6.45, 7) is 7.12. The lowest BCUT2D eigenvalue weighted by atomic mass is 9.65. The van der Waals surface area contributed by atoms with Gasteiger partial charge in [-0.2, -0.15) is 5.26 Å². The van der Waals surface area contributed by atoms with Crippen molar-refractivity contribution >= 4 is 23.5 Å². The van der Waals surface area contributed by atoms with Crippen LogP contribution in [0.1, 0.15) is 57.8 Å². The summed E-state index contributed by atoms with van der Waals surface area (Å²) in [5.74, 6) is 2.33. The highest BCUT2D eigenvalue weighted by Gasteiger charge is 2.61. The lowest BCUT2D eigenvalue weighted by Gasteiger charge is -2.58. The molecule has 9 unspecified atom stereocenters. The number of hydrogen-bond donors (Lipinski definition) is 2. The first-order valence-electron chi connectivity index (χ1n) is 16.5. The third-order valence-corrected chi connectivity index (χ3v) is 13.2. The number of amides is 1. The van der Waals surface area contributed by atoms with Crippen LogP contribution >= 0.6 is 11.8 Å². The zero-order chi connectivity index (χ0) is 30.1. The van der Waals surface area contributed by atoms with Gasteiger partial charge < -0.3 is 19.3 Å². The molecule has 1 spiro atoms. The molecule has 238 valence electrons. The largest absolute Gasteiger partial charge is 0.379 e. The van der Waals surface area contributed by atoms with Gasteiger partial charge in [0.15, 0.2) is 12.1 Å². The van der Waals surface area contributed by atoms with Gasteiger partial charge in [-0.15, -0.1) is 11.8 Å². The smallest absolute Gasteiger partial charge is 0.246 e. The third-order valence-electron chi connectivity index (χ3n) is 11.5. The zero-order valence-electron chi connectivity index (χ0n) is 25.9. The van der Waals surface area contributed by atoms with Gasteiger partial charge in [0.25, 0.3) is 0 Å². The minimum Gasteiger partial charge on any atom is -0.379 e. The number of methoxy groups -OCH3 is 1. The van der Waals surface area contributed by atoms with Crippen LogP contribution in [0.4, 0.5) is 0 Å². The van der Waals surface area contributed by atoms with Crippen molar-refractivity contribution in [1.82, 2.24) is 25.3 Å². The molecule has 6 aliphatic rings. The van der Waals surface area contributed by atoms with Crippen molar-refractivity contribution in [3.05, 3.63) is 12.7 Å². The molecule has 6 rings (SSSR count). The summed E-state index contributed by atoms with van der Waals surface area (Å²) in [4.78, 5) is 33.9. The van der Waals surface area contributed by atoms with Crippen molar-refractivity contribution in [2.24, 2.45) is 17.8 Å². The lowest BCUT2D eigenvalue weighted by Crippen LogP contribution is -2.76. The van der Waals surface area contributed by atoms with Crippen LogP contribution in [0.15, 0.2) is 12.7 Å². The van der Waals surface area contributed by atoms with Crippen molar-refractivity contribution in [2.45, 2.75) is 99.3 Å². The van der Waals surface area contributed by atoms with Gasteiger partial charge in [-0.3, -0.25) is 25.1 Å². The molecular weight excluding hydrogens is 564 g/mol. The van der Waals surface area contributed by atoms with E-state index in [0.717, 1.165) is 38.0 Å². The van der Waals surface area contributed by atoms with Crippen molar-refractivity contribution in [3.8, 4) is 6.07 Å². The number of hydrogen-bond acceptors (Lipinski definition) is 10. The molecule has 2 N–H and O–H groups in total. The fourth-order valence-electron chi connectivity index (χ4n) is 9.16. The van der Waals surface area contributed by atoms with Crippen LogP contribution in [0.5, 0.6) is 0 Å². The molecule has 0 bridgehead atoms. The van der Waals surface area contributed by atoms with E-state index in [1.54, 1.807) is 4.90 Å². The summed E-state index contributed by atoms with van der Waals surface area (Å²) in [5, 5.41) is 17.0. The van der Waals surface area contributed by atoms with Crippen LogP contribution < -0.4 is 10.6 Å². The number of Topliss-reactive ketones (excluding diaryl/α,β-unsaturated/α-hetero) is 1. The number of fused-ring (bicyclic) bond motifs is 2. The molecule has 10 atom stereocenters. The predicted molar refractivity (Wildman–Crippen MR) is 166 cm³/mol. The van der Waals surface area contributed by atoms with E-state index in [0.29, 0.717) is 44.1 Å². The van der Waals surface area contributed by atoms with E-state index >= 15 is 0 Å². The van der Waals surface area contributed by atoms with E-state index in [-0.39, 0.29) is 48.4 Å². The Bertz CT molecular complexity index is 1090. The minimum atomic E-state index is -0.530. The molecule has 6 fully saturated rings. The number of thioether (sulfide) groups is 1. The number of ether oxygens (including phenoxy) is 2. The second-order valence-electron chi connectivity index (χ2n) is 13.6. The molecule has 0 aromatic heterocycles. The number of carbonyl (C=O) groups excluding carboxylic acids is 2. The van der Waals surface area contributed by atoms with Crippen LogP contribution in [0, 0.1) is 29.1 Å². The number of carbonyl (C=O) groups is 2. The fraction of sp³-hybridized carbons (Fsp3) is 0.844. The number of nitrogens with zero attached hydrogens (tertiary/aromatic N) is 4.